The van der Waals surface area contributed by atoms with Crippen LogP contribution in [0, 0.1) is 0 Å². The standard InChI is InChI=1S/C16H17F2NO4/c1-10(15(21)19-12-5-6-12)22-14(20)9-4-11-2-7-13(8-3-11)23-16(17)18/h2-4,7-10,12,16H,5-6H2,1H3,(H,19,21)/b9-4+/t10-/m1/s1. The summed E-state index contributed by atoms with van der Waals surface area (Å²) >= 11 is 0. The zero-order valence-corrected chi connectivity index (χ0v) is 12.5. The molecule has 1 aromatic carbocycles. The number of benzene rings is 1. The summed E-state index contributed by atoms with van der Waals surface area (Å²) in [6.07, 6.45) is 3.67. The lowest BCUT2D eigenvalue weighted by Crippen LogP contribution is -2.36. The van der Waals surface area contributed by atoms with Crippen molar-refractivity contribution in [2.24, 2.45) is 0 Å². The number of esters is 1. The van der Waals surface area contributed by atoms with Gasteiger partial charge < -0.3 is 14.8 Å². The Hall–Kier alpha value is -2.44. The first-order valence-electron chi connectivity index (χ1n) is 7.18. The number of amides is 1. The molecule has 1 amide bonds. The Morgan fingerprint density at radius 2 is 1.91 bits per heavy atom. The van der Waals surface area contributed by atoms with Gasteiger partial charge in [0.25, 0.3) is 5.91 Å². The third-order valence-electron chi connectivity index (χ3n) is 3.10. The molecule has 7 heteroatoms. The van der Waals surface area contributed by atoms with E-state index >= 15 is 0 Å². The van der Waals surface area contributed by atoms with E-state index in [0.717, 1.165) is 12.8 Å². The van der Waals surface area contributed by atoms with Gasteiger partial charge in [0.2, 0.25) is 0 Å². The van der Waals surface area contributed by atoms with Gasteiger partial charge in [0.1, 0.15) is 5.75 Å². The van der Waals surface area contributed by atoms with Gasteiger partial charge in [0, 0.05) is 12.1 Å². The van der Waals surface area contributed by atoms with Crippen molar-refractivity contribution in [3.8, 4) is 5.75 Å². The molecule has 0 spiro atoms. The predicted octanol–water partition coefficient (Wildman–Crippen LogP) is 2.51. The molecular formula is C16H17F2NO4. The van der Waals surface area contributed by atoms with Crippen LogP contribution in [0.15, 0.2) is 30.3 Å². The largest absolute Gasteiger partial charge is 0.449 e. The summed E-state index contributed by atoms with van der Waals surface area (Å²) in [6.45, 7) is -1.38. The normalized spacial score (nSPS) is 15.5. The highest BCUT2D eigenvalue weighted by Gasteiger charge is 2.26. The lowest BCUT2D eigenvalue weighted by molar-refractivity contribution is -0.150. The molecule has 124 valence electrons. The van der Waals surface area contributed by atoms with Gasteiger partial charge in [-0.2, -0.15) is 8.78 Å². The summed E-state index contributed by atoms with van der Waals surface area (Å²) in [7, 11) is 0. The Morgan fingerprint density at radius 3 is 2.48 bits per heavy atom. The number of hydrogen-bond acceptors (Lipinski definition) is 4. The van der Waals surface area contributed by atoms with Gasteiger partial charge in [-0.25, -0.2) is 4.79 Å². The molecule has 0 unspecified atom stereocenters. The number of carbonyl (C=O) groups is 2. The summed E-state index contributed by atoms with van der Waals surface area (Å²) in [6, 6.07) is 5.97. The molecule has 23 heavy (non-hydrogen) atoms. The monoisotopic (exact) mass is 325 g/mol. The molecule has 1 saturated carbocycles. The minimum atomic E-state index is -2.88. The molecule has 0 bridgehead atoms. The molecule has 0 radical (unpaired) electrons. The second kappa shape index (κ2) is 7.71. The maximum Gasteiger partial charge on any atom is 0.387 e. The van der Waals surface area contributed by atoms with E-state index in [1.165, 1.54) is 43.3 Å². The van der Waals surface area contributed by atoms with Gasteiger partial charge in [-0.05, 0) is 43.5 Å². The lowest BCUT2D eigenvalue weighted by Gasteiger charge is -2.11. The number of nitrogens with one attached hydrogen (secondary N) is 1. The average molecular weight is 325 g/mol. The van der Waals surface area contributed by atoms with E-state index in [0.29, 0.717) is 5.56 Å². The van der Waals surface area contributed by atoms with Gasteiger partial charge in [-0.3, -0.25) is 4.79 Å². The third-order valence-corrected chi connectivity index (χ3v) is 3.10. The maximum atomic E-state index is 12.0. The Labute approximate surface area is 132 Å². The summed E-state index contributed by atoms with van der Waals surface area (Å²) < 4.78 is 33.2. The SMILES string of the molecule is C[C@@H](OC(=O)/C=C/c1ccc(OC(F)F)cc1)C(=O)NC1CC1. The van der Waals surface area contributed by atoms with Crippen LogP contribution in [-0.4, -0.2) is 30.6 Å². The zero-order valence-electron chi connectivity index (χ0n) is 12.5. The van der Waals surface area contributed by atoms with Gasteiger partial charge in [0.05, 0.1) is 0 Å². The maximum absolute atomic E-state index is 12.0. The molecule has 0 aromatic heterocycles. The number of halogens is 2. The fraction of sp³-hybridized carbons (Fsp3) is 0.375. The highest BCUT2D eigenvalue weighted by Crippen LogP contribution is 2.19. The Kier molecular flexibility index (Phi) is 5.67. The minimum Gasteiger partial charge on any atom is -0.449 e. The molecule has 1 aliphatic carbocycles. The predicted molar refractivity (Wildman–Crippen MR) is 78.8 cm³/mol. The minimum absolute atomic E-state index is 0.0325. The summed E-state index contributed by atoms with van der Waals surface area (Å²) in [4.78, 5) is 23.3. The van der Waals surface area contributed by atoms with Crippen molar-refractivity contribution in [2.75, 3.05) is 0 Å². The van der Waals surface area contributed by atoms with Crippen LogP contribution in [0.2, 0.25) is 0 Å². The van der Waals surface area contributed by atoms with Crippen LogP contribution in [0.1, 0.15) is 25.3 Å². The van der Waals surface area contributed by atoms with E-state index in [9.17, 15) is 18.4 Å². The fourth-order valence-electron chi connectivity index (χ4n) is 1.74. The molecule has 1 atom stereocenters. The van der Waals surface area contributed by atoms with Crippen LogP contribution in [0.25, 0.3) is 6.08 Å². The van der Waals surface area contributed by atoms with Gasteiger partial charge >= 0.3 is 12.6 Å². The second-order valence-electron chi connectivity index (χ2n) is 5.14. The van der Waals surface area contributed by atoms with Crippen molar-refractivity contribution in [3.05, 3.63) is 35.9 Å². The molecule has 0 saturated heterocycles. The molecule has 1 aromatic rings. The van der Waals surface area contributed by atoms with Crippen LogP contribution in [0.5, 0.6) is 5.75 Å². The zero-order chi connectivity index (χ0) is 16.8. The van der Waals surface area contributed by atoms with E-state index in [2.05, 4.69) is 10.1 Å². The molecular weight excluding hydrogens is 308 g/mol. The van der Waals surface area contributed by atoms with Crippen molar-refractivity contribution in [1.82, 2.24) is 5.32 Å². The van der Waals surface area contributed by atoms with E-state index in [4.69, 9.17) is 4.74 Å². The Bertz CT molecular complexity index is 582. The number of ether oxygens (including phenoxy) is 2. The molecule has 1 fully saturated rings. The summed E-state index contributed by atoms with van der Waals surface area (Å²) in [5.41, 5.74) is 0.610. The van der Waals surface area contributed by atoms with Crippen molar-refractivity contribution in [2.45, 2.75) is 38.5 Å². The summed E-state index contributed by atoms with van der Waals surface area (Å²) in [5.74, 6) is -0.941. The second-order valence-corrected chi connectivity index (χ2v) is 5.14. The van der Waals surface area contributed by atoms with Gasteiger partial charge in [0.15, 0.2) is 6.10 Å². The first-order valence-corrected chi connectivity index (χ1v) is 7.18. The molecule has 5 nitrogen and oxygen atoms in total. The van der Waals surface area contributed by atoms with Crippen LogP contribution >= 0.6 is 0 Å². The molecule has 0 aliphatic heterocycles. The topological polar surface area (TPSA) is 64.6 Å². The Balaban J connectivity index is 1.81. The van der Waals surface area contributed by atoms with Crippen molar-refractivity contribution in [3.63, 3.8) is 0 Å². The number of carbonyl (C=O) groups excluding carboxylic acids is 2. The molecule has 1 aliphatic rings. The van der Waals surface area contributed by atoms with Crippen molar-refractivity contribution in [1.29, 1.82) is 0 Å². The number of alkyl halides is 2. The van der Waals surface area contributed by atoms with Gasteiger partial charge in [-0.15, -0.1) is 0 Å². The van der Waals surface area contributed by atoms with E-state index in [-0.39, 0.29) is 17.7 Å². The molecule has 1 N–H and O–H groups in total. The fourth-order valence-corrected chi connectivity index (χ4v) is 1.74. The van der Waals surface area contributed by atoms with E-state index in [1.807, 2.05) is 0 Å². The number of rotatable bonds is 7. The van der Waals surface area contributed by atoms with Crippen LogP contribution in [0.4, 0.5) is 8.78 Å². The quantitative estimate of drug-likeness (QED) is 0.618. The van der Waals surface area contributed by atoms with E-state index < -0.39 is 18.7 Å². The van der Waals surface area contributed by atoms with Crippen LogP contribution in [0.3, 0.4) is 0 Å². The Morgan fingerprint density at radius 1 is 1.26 bits per heavy atom. The third kappa shape index (κ3) is 6.06. The van der Waals surface area contributed by atoms with Gasteiger partial charge in [-0.1, -0.05) is 12.1 Å². The highest BCUT2D eigenvalue weighted by molar-refractivity contribution is 5.90. The van der Waals surface area contributed by atoms with Crippen molar-refractivity contribution >= 4 is 18.0 Å². The first kappa shape index (κ1) is 16.9. The molecule has 0 heterocycles. The average Bonchev–Trinajstić information content (AvgIpc) is 3.30. The number of hydrogen-bond donors (Lipinski definition) is 1. The first-order chi connectivity index (χ1) is 10.9. The molecule has 2 rings (SSSR count). The summed E-state index contributed by atoms with van der Waals surface area (Å²) in [5, 5.41) is 2.74. The smallest absolute Gasteiger partial charge is 0.387 e. The van der Waals surface area contributed by atoms with Crippen LogP contribution in [-0.2, 0) is 14.3 Å². The van der Waals surface area contributed by atoms with E-state index in [1.54, 1.807) is 0 Å². The highest BCUT2D eigenvalue weighted by atomic mass is 19.3. The lowest BCUT2D eigenvalue weighted by atomic mass is 10.2. The van der Waals surface area contributed by atoms with Crippen molar-refractivity contribution < 1.29 is 27.8 Å². The van der Waals surface area contributed by atoms with Crippen LogP contribution < -0.4 is 10.1 Å².